The highest BCUT2D eigenvalue weighted by atomic mass is 16.2. The molecule has 3 heterocycles. The van der Waals surface area contributed by atoms with Crippen LogP contribution in [0.5, 0.6) is 0 Å². The Labute approximate surface area is 139 Å². The molecule has 3 aromatic rings. The number of aromatic nitrogens is 3. The second kappa shape index (κ2) is 5.96. The van der Waals surface area contributed by atoms with Gasteiger partial charge in [-0.2, -0.15) is 0 Å². The van der Waals surface area contributed by atoms with Crippen molar-refractivity contribution in [2.24, 2.45) is 0 Å². The lowest BCUT2D eigenvalue weighted by Gasteiger charge is -2.17. The molecule has 24 heavy (non-hydrogen) atoms. The number of carbonyl (C=O) groups excluding carboxylic acids is 1. The Kier molecular flexibility index (Phi) is 3.65. The summed E-state index contributed by atoms with van der Waals surface area (Å²) in [5, 5.41) is 4.50. The summed E-state index contributed by atoms with van der Waals surface area (Å²) >= 11 is 0. The first-order chi connectivity index (χ1) is 11.7. The molecule has 6 heteroatoms. The largest absolute Gasteiger partial charge is 0.365 e. The van der Waals surface area contributed by atoms with Crippen molar-refractivity contribution in [1.82, 2.24) is 19.9 Å². The Morgan fingerprint density at radius 1 is 1.29 bits per heavy atom. The van der Waals surface area contributed by atoms with Crippen molar-refractivity contribution < 1.29 is 4.79 Å². The molecule has 2 N–H and O–H groups in total. The minimum absolute atomic E-state index is 0.0885. The molecule has 4 rings (SSSR count). The molecule has 1 amide bonds. The molecular formula is C18H19N5O. The van der Waals surface area contributed by atoms with Gasteiger partial charge in [-0.25, -0.2) is 9.97 Å². The predicted octanol–water partition coefficient (Wildman–Crippen LogP) is 2.59. The maximum absolute atomic E-state index is 12.5. The van der Waals surface area contributed by atoms with Crippen LogP contribution in [-0.4, -0.2) is 44.9 Å². The summed E-state index contributed by atoms with van der Waals surface area (Å²) in [5.41, 5.74) is 2.69. The fourth-order valence-electron chi connectivity index (χ4n) is 3.25. The first-order valence-corrected chi connectivity index (χ1v) is 8.12. The van der Waals surface area contributed by atoms with Crippen molar-refractivity contribution in [2.75, 3.05) is 18.4 Å². The third kappa shape index (κ3) is 2.60. The second-order valence-corrected chi connectivity index (χ2v) is 6.16. The standard InChI is InChI=1S/C18H19N5O/c1-12-9-19-16-15(12)17(21-11-20-16)22-14-7-8-23(10-14)18(24)13-5-3-2-4-6-13/h2-6,9,11,14H,7-8,10H2,1H3,(H2,19,20,21,22). The van der Waals surface area contributed by atoms with Crippen molar-refractivity contribution in [3.8, 4) is 0 Å². The molecule has 1 fully saturated rings. The normalized spacial score (nSPS) is 17.4. The lowest BCUT2D eigenvalue weighted by Crippen LogP contribution is -2.31. The number of H-pyrrole nitrogens is 1. The molecule has 2 aromatic heterocycles. The molecule has 122 valence electrons. The highest BCUT2D eigenvalue weighted by Crippen LogP contribution is 2.25. The number of aryl methyl sites for hydroxylation is 1. The number of aromatic amines is 1. The zero-order valence-electron chi connectivity index (χ0n) is 13.5. The maximum Gasteiger partial charge on any atom is 0.253 e. The van der Waals surface area contributed by atoms with Crippen LogP contribution in [0.15, 0.2) is 42.9 Å². The Morgan fingerprint density at radius 2 is 2.12 bits per heavy atom. The van der Waals surface area contributed by atoms with E-state index in [0.717, 1.165) is 40.9 Å². The molecule has 1 aliphatic heterocycles. The fraction of sp³-hybridized carbons (Fsp3) is 0.278. The number of carbonyl (C=O) groups is 1. The van der Waals surface area contributed by atoms with Gasteiger partial charge in [-0.05, 0) is 31.0 Å². The monoisotopic (exact) mass is 321 g/mol. The zero-order valence-corrected chi connectivity index (χ0v) is 13.5. The molecular weight excluding hydrogens is 302 g/mol. The van der Waals surface area contributed by atoms with E-state index in [1.807, 2.05) is 48.4 Å². The number of nitrogens with one attached hydrogen (secondary N) is 2. The van der Waals surface area contributed by atoms with E-state index in [1.54, 1.807) is 6.33 Å². The van der Waals surface area contributed by atoms with Gasteiger partial charge < -0.3 is 15.2 Å². The molecule has 0 radical (unpaired) electrons. The maximum atomic E-state index is 12.5. The number of hydrogen-bond acceptors (Lipinski definition) is 4. The van der Waals surface area contributed by atoms with Crippen LogP contribution in [-0.2, 0) is 0 Å². The van der Waals surface area contributed by atoms with Gasteiger partial charge in [0.2, 0.25) is 0 Å². The number of fused-ring (bicyclic) bond motifs is 1. The third-order valence-electron chi connectivity index (χ3n) is 4.50. The summed E-state index contributed by atoms with van der Waals surface area (Å²) < 4.78 is 0. The molecule has 0 saturated carbocycles. The van der Waals surface area contributed by atoms with E-state index in [-0.39, 0.29) is 11.9 Å². The fourth-order valence-corrected chi connectivity index (χ4v) is 3.25. The van der Waals surface area contributed by atoms with Gasteiger partial charge in [0.05, 0.1) is 5.39 Å². The molecule has 0 spiro atoms. The van der Waals surface area contributed by atoms with E-state index in [4.69, 9.17) is 0 Å². The summed E-state index contributed by atoms with van der Waals surface area (Å²) in [5.74, 6) is 0.920. The van der Waals surface area contributed by atoms with E-state index in [1.165, 1.54) is 0 Å². The smallest absolute Gasteiger partial charge is 0.253 e. The van der Waals surface area contributed by atoms with Gasteiger partial charge in [0.15, 0.2) is 0 Å². The quantitative estimate of drug-likeness (QED) is 0.777. The molecule has 1 aromatic carbocycles. The molecule has 0 bridgehead atoms. The van der Waals surface area contributed by atoms with Crippen LogP contribution in [0, 0.1) is 6.92 Å². The van der Waals surface area contributed by atoms with E-state index in [2.05, 4.69) is 20.3 Å². The number of likely N-dealkylation sites (tertiary alicyclic amines) is 1. The van der Waals surface area contributed by atoms with Gasteiger partial charge in [-0.1, -0.05) is 18.2 Å². The minimum atomic E-state index is 0.0885. The highest BCUT2D eigenvalue weighted by Gasteiger charge is 2.27. The van der Waals surface area contributed by atoms with Crippen molar-refractivity contribution >= 4 is 22.8 Å². The topological polar surface area (TPSA) is 73.9 Å². The summed E-state index contributed by atoms with van der Waals surface area (Å²) in [6.07, 6.45) is 4.40. The van der Waals surface area contributed by atoms with Gasteiger partial charge in [0.1, 0.15) is 17.8 Å². The first kappa shape index (κ1) is 14.7. The van der Waals surface area contributed by atoms with Gasteiger partial charge in [0, 0.05) is 30.9 Å². The molecule has 1 aliphatic rings. The van der Waals surface area contributed by atoms with Crippen LogP contribution >= 0.6 is 0 Å². The van der Waals surface area contributed by atoms with Crippen molar-refractivity contribution in [3.05, 3.63) is 54.0 Å². The van der Waals surface area contributed by atoms with Gasteiger partial charge in [-0.15, -0.1) is 0 Å². The highest BCUT2D eigenvalue weighted by molar-refractivity contribution is 5.94. The Bertz CT molecular complexity index is 874. The van der Waals surface area contributed by atoms with Gasteiger partial charge in [0.25, 0.3) is 5.91 Å². The number of benzene rings is 1. The Balaban J connectivity index is 1.49. The Hall–Kier alpha value is -2.89. The summed E-state index contributed by atoms with van der Waals surface area (Å²) in [7, 11) is 0. The van der Waals surface area contributed by atoms with E-state index >= 15 is 0 Å². The van der Waals surface area contributed by atoms with Gasteiger partial charge in [-0.3, -0.25) is 4.79 Å². The number of hydrogen-bond donors (Lipinski definition) is 2. The van der Waals surface area contributed by atoms with Crippen LogP contribution in [0.25, 0.3) is 11.0 Å². The first-order valence-electron chi connectivity index (χ1n) is 8.12. The molecule has 1 atom stereocenters. The lowest BCUT2D eigenvalue weighted by molar-refractivity contribution is 0.0791. The van der Waals surface area contributed by atoms with E-state index in [0.29, 0.717) is 6.54 Å². The summed E-state index contributed by atoms with van der Waals surface area (Å²) in [6.45, 7) is 3.47. The van der Waals surface area contributed by atoms with Crippen molar-refractivity contribution in [1.29, 1.82) is 0 Å². The predicted molar refractivity (Wildman–Crippen MR) is 93.0 cm³/mol. The van der Waals surface area contributed by atoms with Crippen LogP contribution in [0.4, 0.5) is 5.82 Å². The molecule has 0 aliphatic carbocycles. The molecule has 6 nitrogen and oxygen atoms in total. The van der Waals surface area contributed by atoms with E-state index in [9.17, 15) is 4.79 Å². The molecule has 1 saturated heterocycles. The number of anilines is 1. The SMILES string of the molecule is Cc1c[nH]c2ncnc(NC3CCN(C(=O)c4ccccc4)C3)c12. The zero-order chi connectivity index (χ0) is 16.5. The van der Waals surface area contributed by atoms with Crippen LogP contribution < -0.4 is 5.32 Å². The Morgan fingerprint density at radius 3 is 2.96 bits per heavy atom. The number of nitrogens with zero attached hydrogens (tertiary/aromatic N) is 3. The number of amides is 1. The summed E-state index contributed by atoms with van der Waals surface area (Å²) in [6, 6.07) is 9.63. The minimum Gasteiger partial charge on any atom is -0.365 e. The average Bonchev–Trinajstić information content (AvgIpc) is 3.23. The third-order valence-corrected chi connectivity index (χ3v) is 4.50. The van der Waals surface area contributed by atoms with Crippen LogP contribution in [0.2, 0.25) is 0 Å². The van der Waals surface area contributed by atoms with Crippen LogP contribution in [0.3, 0.4) is 0 Å². The lowest BCUT2D eigenvalue weighted by atomic mass is 10.2. The van der Waals surface area contributed by atoms with Gasteiger partial charge >= 0.3 is 0 Å². The van der Waals surface area contributed by atoms with Crippen LogP contribution in [0.1, 0.15) is 22.3 Å². The summed E-state index contributed by atoms with van der Waals surface area (Å²) in [4.78, 5) is 26.2. The number of rotatable bonds is 3. The van der Waals surface area contributed by atoms with E-state index < -0.39 is 0 Å². The average molecular weight is 321 g/mol. The molecule has 1 unspecified atom stereocenters. The second-order valence-electron chi connectivity index (χ2n) is 6.16. The van der Waals surface area contributed by atoms with Crippen molar-refractivity contribution in [3.63, 3.8) is 0 Å². The van der Waals surface area contributed by atoms with Crippen molar-refractivity contribution in [2.45, 2.75) is 19.4 Å².